The smallest absolute Gasteiger partial charge is 0.250 e. The zero-order chi connectivity index (χ0) is 12.3. The highest BCUT2D eigenvalue weighted by atomic mass is 16.5. The second-order valence-corrected chi connectivity index (χ2v) is 4.58. The van der Waals surface area contributed by atoms with Crippen molar-refractivity contribution in [3.63, 3.8) is 0 Å². The molecule has 0 spiro atoms. The number of carbonyl (C=O) groups is 1. The summed E-state index contributed by atoms with van der Waals surface area (Å²) in [6, 6.07) is 5.48. The number of aryl methyl sites for hydroxylation is 1. The lowest BCUT2D eigenvalue weighted by Gasteiger charge is -2.07. The number of hydrogen-bond donors (Lipinski definition) is 2. The molecule has 0 saturated heterocycles. The minimum absolute atomic E-state index is 0.115. The van der Waals surface area contributed by atoms with Crippen molar-refractivity contribution >= 4 is 17.3 Å². The topological polar surface area (TPSA) is 64.3 Å². The van der Waals surface area contributed by atoms with Gasteiger partial charge in [0.2, 0.25) is 5.91 Å². The molecule has 4 nitrogen and oxygen atoms in total. The lowest BCUT2D eigenvalue weighted by atomic mass is 10.2. The zero-order valence-corrected chi connectivity index (χ0v) is 10.0. The third-order valence-corrected chi connectivity index (χ3v) is 2.85. The fraction of sp³-hybridized carbons (Fsp3) is 0.462. The third-order valence-electron chi connectivity index (χ3n) is 2.85. The maximum absolute atomic E-state index is 11.5. The van der Waals surface area contributed by atoms with E-state index in [2.05, 4.69) is 5.32 Å². The molecule has 1 fully saturated rings. The average Bonchev–Trinajstić information content (AvgIpc) is 3.07. The number of anilines is 2. The highest BCUT2D eigenvalue weighted by Crippen LogP contribution is 2.28. The Labute approximate surface area is 101 Å². The number of carbonyl (C=O) groups excluding carboxylic acids is 1. The molecule has 0 aromatic heterocycles. The van der Waals surface area contributed by atoms with Crippen LogP contribution in [0.3, 0.4) is 0 Å². The lowest BCUT2D eigenvalue weighted by Crippen LogP contribution is -2.19. The van der Waals surface area contributed by atoms with Gasteiger partial charge < -0.3 is 15.8 Å². The summed E-state index contributed by atoms with van der Waals surface area (Å²) >= 11 is 0. The minimum Gasteiger partial charge on any atom is -0.398 e. The first-order valence-electron chi connectivity index (χ1n) is 5.89. The first-order valence-corrected chi connectivity index (χ1v) is 5.89. The van der Waals surface area contributed by atoms with Crippen LogP contribution in [-0.2, 0) is 9.53 Å². The van der Waals surface area contributed by atoms with Gasteiger partial charge in [-0.3, -0.25) is 4.79 Å². The van der Waals surface area contributed by atoms with Crippen LogP contribution in [0.4, 0.5) is 11.4 Å². The predicted molar refractivity (Wildman–Crippen MR) is 67.8 cm³/mol. The van der Waals surface area contributed by atoms with Gasteiger partial charge in [-0.1, -0.05) is 6.07 Å². The summed E-state index contributed by atoms with van der Waals surface area (Å²) in [5, 5.41) is 2.76. The Morgan fingerprint density at radius 3 is 2.94 bits per heavy atom. The van der Waals surface area contributed by atoms with Gasteiger partial charge in [0.15, 0.2) is 0 Å². The number of nitrogen functional groups attached to an aromatic ring is 1. The normalized spacial score (nSPS) is 14.6. The molecule has 1 saturated carbocycles. The number of ether oxygens (including phenoxy) is 1. The number of nitrogens with two attached hydrogens (primary N) is 1. The standard InChI is InChI=1S/C13H18N2O2/c1-9-2-5-11(6-12(9)14)15-13(16)8-17-7-10-3-4-10/h2,5-6,10H,3-4,7-8,14H2,1H3,(H,15,16). The van der Waals surface area contributed by atoms with Crippen molar-refractivity contribution in [3.8, 4) is 0 Å². The van der Waals surface area contributed by atoms with Crippen LogP contribution in [0.1, 0.15) is 18.4 Å². The summed E-state index contributed by atoms with van der Waals surface area (Å²) in [5.41, 5.74) is 8.17. The molecule has 0 radical (unpaired) electrons. The molecule has 0 bridgehead atoms. The number of amides is 1. The van der Waals surface area contributed by atoms with E-state index >= 15 is 0 Å². The molecule has 0 atom stereocenters. The number of rotatable bonds is 5. The molecule has 2 rings (SSSR count). The molecule has 1 amide bonds. The van der Waals surface area contributed by atoms with Gasteiger partial charge in [-0.05, 0) is 43.4 Å². The second-order valence-electron chi connectivity index (χ2n) is 4.58. The van der Waals surface area contributed by atoms with Crippen molar-refractivity contribution in [2.24, 2.45) is 5.92 Å². The molecule has 1 aromatic carbocycles. The van der Waals surface area contributed by atoms with Crippen LogP contribution in [0.15, 0.2) is 18.2 Å². The maximum Gasteiger partial charge on any atom is 0.250 e. The van der Waals surface area contributed by atoms with Crippen LogP contribution in [0.2, 0.25) is 0 Å². The SMILES string of the molecule is Cc1ccc(NC(=O)COCC2CC2)cc1N. The van der Waals surface area contributed by atoms with Crippen LogP contribution in [-0.4, -0.2) is 19.1 Å². The van der Waals surface area contributed by atoms with Crippen molar-refractivity contribution in [1.29, 1.82) is 0 Å². The number of benzene rings is 1. The fourth-order valence-electron chi connectivity index (χ4n) is 1.52. The number of nitrogens with one attached hydrogen (secondary N) is 1. The molecular formula is C13H18N2O2. The summed E-state index contributed by atoms with van der Waals surface area (Å²) in [6.45, 7) is 2.74. The van der Waals surface area contributed by atoms with E-state index in [1.807, 2.05) is 19.1 Å². The predicted octanol–water partition coefficient (Wildman–Crippen LogP) is 1.94. The highest BCUT2D eigenvalue weighted by molar-refractivity contribution is 5.92. The monoisotopic (exact) mass is 234 g/mol. The van der Waals surface area contributed by atoms with Gasteiger partial charge in [-0.15, -0.1) is 0 Å². The summed E-state index contributed by atoms with van der Waals surface area (Å²) in [7, 11) is 0. The molecule has 0 heterocycles. The minimum atomic E-state index is -0.131. The Balaban J connectivity index is 1.77. The van der Waals surface area contributed by atoms with Crippen LogP contribution < -0.4 is 11.1 Å². The van der Waals surface area contributed by atoms with Crippen molar-refractivity contribution in [3.05, 3.63) is 23.8 Å². The van der Waals surface area contributed by atoms with E-state index in [1.165, 1.54) is 12.8 Å². The highest BCUT2D eigenvalue weighted by Gasteiger charge is 2.21. The van der Waals surface area contributed by atoms with E-state index in [1.54, 1.807) is 6.07 Å². The van der Waals surface area contributed by atoms with E-state index in [9.17, 15) is 4.79 Å². The molecule has 17 heavy (non-hydrogen) atoms. The molecule has 1 aromatic rings. The van der Waals surface area contributed by atoms with Crippen LogP contribution >= 0.6 is 0 Å². The Bertz CT molecular complexity index is 414. The largest absolute Gasteiger partial charge is 0.398 e. The molecule has 1 aliphatic carbocycles. The van der Waals surface area contributed by atoms with Gasteiger partial charge in [0, 0.05) is 11.4 Å². The van der Waals surface area contributed by atoms with E-state index in [4.69, 9.17) is 10.5 Å². The second kappa shape index (κ2) is 5.19. The zero-order valence-electron chi connectivity index (χ0n) is 10.0. The van der Waals surface area contributed by atoms with E-state index in [0.29, 0.717) is 23.9 Å². The van der Waals surface area contributed by atoms with Gasteiger partial charge in [0.25, 0.3) is 0 Å². The lowest BCUT2D eigenvalue weighted by molar-refractivity contribution is -0.120. The van der Waals surface area contributed by atoms with Crippen molar-refractivity contribution in [2.45, 2.75) is 19.8 Å². The summed E-state index contributed by atoms with van der Waals surface area (Å²) in [4.78, 5) is 11.5. The van der Waals surface area contributed by atoms with E-state index < -0.39 is 0 Å². The fourth-order valence-corrected chi connectivity index (χ4v) is 1.52. The summed E-state index contributed by atoms with van der Waals surface area (Å²) in [6.07, 6.45) is 2.46. The first-order chi connectivity index (χ1) is 8.15. The van der Waals surface area contributed by atoms with Gasteiger partial charge in [-0.2, -0.15) is 0 Å². The summed E-state index contributed by atoms with van der Waals surface area (Å²) in [5.74, 6) is 0.548. The van der Waals surface area contributed by atoms with Gasteiger partial charge >= 0.3 is 0 Å². The van der Waals surface area contributed by atoms with Gasteiger partial charge in [0.05, 0.1) is 6.61 Å². The average molecular weight is 234 g/mol. The Morgan fingerprint density at radius 1 is 1.53 bits per heavy atom. The Morgan fingerprint density at radius 2 is 2.29 bits per heavy atom. The molecule has 92 valence electrons. The molecule has 3 N–H and O–H groups in total. The quantitative estimate of drug-likeness (QED) is 0.765. The molecule has 0 aliphatic heterocycles. The maximum atomic E-state index is 11.5. The Hall–Kier alpha value is -1.55. The molecule has 0 unspecified atom stereocenters. The van der Waals surface area contributed by atoms with Crippen LogP contribution in [0.25, 0.3) is 0 Å². The van der Waals surface area contributed by atoms with E-state index in [0.717, 1.165) is 5.56 Å². The molecular weight excluding hydrogens is 216 g/mol. The Kier molecular flexibility index (Phi) is 3.64. The molecule has 4 heteroatoms. The van der Waals surface area contributed by atoms with Crippen molar-refractivity contribution in [1.82, 2.24) is 0 Å². The van der Waals surface area contributed by atoms with Crippen LogP contribution in [0.5, 0.6) is 0 Å². The number of hydrogen-bond acceptors (Lipinski definition) is 3. The van der Waals surface area contributed by atoms with Gasteiger partial charge in [0.1, 0.15) is 6.61 Å². The molecule has 1 aliphatic rings. The summed E-state index contributed by atoms with van der Waals surface area (Å²) < 4.78 is 5.30. The third kappa shape index (κ3) is 3.75. The van der Waals surface area contributed by atoms with Gasteiger partial charge in [-0.25, -0.2) is 0 Å². The van der Waals surface area contributed by atoms with Crippen molar-refractivity contribution in [2.75, 3.05) is 24.3 Å². The van der Waals surface area contributed by atoms with Crippen molar-refractivity contribution < 1.29 is 9.53 Å². The van der Waals surface area contributed by atoms with Crippen LogP contribution in [0, 0.1) is 12.8 Å². The van der Waals surface area contributed by atoms with E-state index in [-0.39, 0.29) is 12.5 Å². The first kappa shape index (κ1) is 11.9.